The van der Waals surface area contributed by atoms with Crippen LogP contribution >= 0.6 is 0 Å². The third-order valence-electron chi connectivity index (χ3n) is 9.66. The van der Waals surface area contributed by atoms with Gasteiger partial charge in [0.25, 0.3) is 5.91 Å². The number of ether oxygens (including phenoxy) is 2. The van der Waals surface area contributed by atoms with E-state index in [9.17, 15) is 22.0 Å². The second kappa shape index (κ2) is 11.4. The van der Waals surface area contributed by atoms with Crippen molar-refractivity contribution in [1.29, 1.82) is 0 Å². The Balaban J connectivity index is 1.24. The number of sulfonamides is 1. The quantitative estimate of drug-likeness (QED) is 0.266. The summed E-state index contributed by atoms with van der Waals surface area (Å²) in [4.78, 5) is 25.3. The lowest BCUT2D eigenvalue weighted by atomic mass is 9.99. The number of hydrogen-bond donors (Lipinski definition) is 1. The van der Waals surface area contributed by atoms with Crippen molar-refractivity contribution in [3.8, 4) is 17.3 Å². The van der Waals surface area contributed by atoms with Crippen LogP contribution in [-0.4, -0.2) is 96.6 Å². The van der Waals surface area contributed by atoms with Gasteiger partial charge in [0.1, 0.15) is 22.7 Å². The maximum atomic E-state index is 13.9. The number of carbonyl (C=O) groups is 1. The molecule has 1 N–H and O–H groups in total. The van der Waals surface area contributed by atoms with Crippen molar-refractivity contribution < 1.29 is 31.5 Å². The summed E-state index contributed by atoms with van der Waals surface area (Å²) in [5, 5.41) is 4.17. The third kappa shape index (κ3) is 5.51. The summed E-state index contributed by atoms with van der Waals surface area (Å²) in [6.45, 7) is -0.0798. The second-order valence-corrected chi connectivity index (χ2v) is 15.0. The van der Waals surface area contributed by atoms with Crippen molar-refractivity contribution in [2.45, 2.75) is 63.4 Å². The Labute approximate surface area is 270 Å². The van der Waals surface area contributed by atoms with Gasteiger partial charge in [-0.2, -0.15) is 13.1 Å². The van der Waals surface area contributed by atoms with E-state index in [0.717, 1.165) is 56.1 Å². The first-order chi connectivity index (χ1) is 22.6. The molecule has 2 aliphatic carbocycles. The molecule has 0 unspecified atom stereocenters. The first-order valence-corrected chi connectivity index (χ1v) is 18.0. The Hall–Kier alpha value is -3.82. The van der Waals surface area contributed by atoms with Crippen molar-refractivity contribution >= 4 is 43.8 Å². The van der Waals surface area contributed by atoms with Crippen molar-refractivity contribution in [1.82, 2.24) is 29.3 Å². The molecule has 1 aromatic carbocycles. The summed E-state index contributed by atoms with van der Waals surface area (Å²) >= 11 is 0. The molecule has 1 amide bonds. The summed E-state index contributed by atoms with van der Waals surface area (Å²) in [5.74, 6) is 1.19. The Morgan fingerprint density at radius 1 is 1.15 bits per heavy atom. The van der Waals surface area contributed by atoms with E-state index >= 15 is 0 Å². The molecule has 0 radical (unpaired) electrons. The molecule has 47 heavy (non-hydrogen) atoms. The largest absolute Gasteiger partial charge is 0.494 e. The van der Waals surface area contributed by atoms with E-state index in [1.165, 1.54) is 6.07 Å². The molecule has 0 bridgehead atoms. The molecule has 3 aromatic heterocycles. The topological polar surface area (TPSA) is 124 Å². The van der Waals surface area contributed by atoms with E-state index < -0.39 is 16.6 Å². The summed E-state index contributed by atoms with van der Waals surface area (Å²) in [5.41, 5.74) is 3.08. The van der Waals surface area contributed by atoms with Gasteiger partial charge < -0.3 is 28.8 Å². The summed E-state index contributed by atoms with van der Waals surface area (Å²) in [7, 11) is -2.68. The lowest BCUT2D eigenvalue weighted by Crippen LogP contribution is -2.59. The number of methoxy groups -OCH3 is 1. The number of imidazole rings is 1. The summed E-state index contributed by atoms with van der Waals surface area (Å²) < 4.78 is 68.4. The van der Waals surface area contributed by atoms with Gasteiger partial charge in [0.15, 0.2) is 5.82 Å². The van der Waals surface area contributed by atoms with Gasteiger partial charge in [0.2, 0.25) is 10.0 Å². The van der Waals surface area contributed by atoms with Gasteiger partial charge in [0, 0.05) is 43.2 Å². The Kier molecular flexibility index (Phi) is 7.41. The maximum absolute atomic E-state index is 13.9. The fourth-order valence-corrected chi connectivity index (χ4v) is 7.80. The van der Waals surface area contributed by atoms with Crippen LogP contribution in [0.5, 0.6) is 5.75 Å². The van der Waals surface area contributed by atoms with Crippen LogP contribution in [0.1, 0.15) is 48.5 Å². The van der Waals surface area contributed by atoms with E-state index in [1.54, 1.807) is 19.2 Å². The monoisotopic (exact) mass is 669 g/mol. The highest BCUT2D eigenvalue weighted by Crippen LogP contribution is 2.45. The zero-order valence-corrected chi connectivity index (χ0v) is 27.0. The number of likely N-dealkylation sites (tertiary alicyclic amines) is 1. The van der Waals surface area contributed by atoms with Crippen molar-refractivity contribution in [3.05, 3.63) is 35.9 Å². The minimum Gasteiger partial charge on any atom is -0.494 e. The van der Waals surface area contributed by atoms with E-state index in [2.05, 4.69) is 14.9 Å². The smallest absolute Gasteiger partial charge is 0.329 e. The molecule has 4 fully saturated rings. The number of nitrogens with one attached hydrogen (secondary N) is 1. The molecule has 2 saturated carbocycles. The molecule has 15 heteroatoms. The third-order valence-corrected chi connectivity index (χ3v) is 10.7. The molecule has 250 valence electrons. The van der Waals surface area contributed by atoms with E-state index in [0.29, 0.717) is 65.8 Å². The number of hydrogen-bond acceptors (Lipinski definition) is 8. The number of morpholine rings is 1. The molecule has 12 nitrogen and oxygen atoms in total. The van der Waals surface area contributed by atoms with Crippen molar-refractivity contribution in [2.24, 2.45) is 5.92 Å². The summed E-state index contributed by atoms with van der Waals surface area (Å²) in [6.07, 6.45) is 5.59. The van der Waals surface area contributed by atoms with E-state index in [-0.39, 0.29) is 34.2 Å². The van der Waals surface area contributed by atoms with Crippen LogP contribution in [0.15, 0.2) is 30.3 Å². The van der Waals surface area contributed by atoms with Crippen LogP contribution in [-0.2, 0) is 21.3 Å². The SMILES string of the molecule is COc1cc(C(=O)N2CC[C@@H]3OCCN[C@@H]3C2)cc2nc(-c3cc4ccc(N(C(F)F)S(C)(=O)=O)nc4n3CC3CC3)n(C3CC3)c12. The van der Waals surface area contributed by atoms with Gasteiger partial charge >= 0.3 is 6.55 Å². The zero-order valence-electron chi connectivity index (χ0n) is 26.2. The molecule has 4 aliphatic rings. The van der Waals surface area contributed by atoms with Crippen LogP contribution in [0.3, 0.4) is 0 Å². The molecule has 4 aromatic rings. The van der Waals surface area contributed by atoms with E-state index in [1.807, 2.05) is 21.6 Å². The number of anilines is 1. The average molecular weight is 670 g/mol. The molecule has 8 rings (SSSR count). The number of carbonyl (C=O) groups excluding carboxylic acids is 1. The summed E-state index contributed by atoms with van der Waals surface area (Å²) in [6, 6.07) is 8.77. The number of nitrogens with zero attached hydrogens (tertiary/aromatic N) is 6. The lowest BCUT2D eigenvalue weighted by molar-refractivity contribution is -0.0383. The van der Waals surface area contributed by atoms with Crippen LogP contribution in [0.25, 0.3) is 33.6 Å². The minimum absolute atomic E-state index is 0.0449. The highest BCUT2D eigenvalue weighted by Gasteiger charge is 2.37. The van der Waals surface area contributed by atoms with E-state index in [4.69, 9.17) is 14.5 Å². The highest BCUT2D eigenvalue weighted by atomic mass is 32.2. The highest BCUT2D eigenvalue weighted by molar-refractivity contribution is 7.92. The standard InChI is InChI=1S/C32H37F2N7O5S/c1-45-26-15-20(31(42)38-11-9-25-23(17-38)35-10-12-46-25)13-22-28(26)40(21-6-7-21)30(36-22)24-14-19-5-8-27(41(32(33)34)47(2,43)44)37-29(19)39(24)16-18-3-4-18/h5,8,13-15,18,21,23,25,32,35H,3-4,6-7,9-12,16-17H2,1-2H3/t23-,25+/m1/s1. The number of halogens is 2. The normalized spacial score (nSPS) is 21.9. The molecular weight excluding hydrogens is 632 g/mol. The molecule has 2 aliphatic heterocycles. The fourth-order valence-electron chi connectivity index (χ4n) is 7.07. The van der Waals surface area contributed by atoms with Crippen molar-refractivity contribution in [2.75, 3.05) is 43.9 Å². The average Bonchev–Trinajstić information content (AvgIpc) is 3.98. The van der Waals surface area contributed by atoms with Crippen molar-refractivity contribution in [3.63, 3.8) is 0 Å². The Morgan fingerprint density at radius 2 is 1.96 bits per heavy atom. The number of piperidine rings is 1. The van der Waals surface area contributed by atoms with Gasteiger partial charge in [0.05, 0.1) is 43.3 Å². The minimum atomic E-state index is -4.27. The predicted octanol–water partition coefficient (Wildman–Crippen LogP) is 4.00. The van der Waals surface area contributed by atoms with Gasteiger partial charge in [-0.3, -0.25) is 4.79 Å². The molecular formula is C32H37F2N7O5S. The Morgan fingerprint density at radius 3 is 2.66 bits per heavy atom. The van der Waals surface area contributed by atoms with Gasteiger partial charge in [-0.05, 0) is 68.4 Å². The van der Waals surface area contributed by atoms with Gasteiger partial charge in [-0.1, -0.05) is 0 Å². The number of alkyl halides is 2. The van der Waals surface area contributed by atoms with Gasteiger partial charge in [-0.25, -0.2) is 18.4 Å². The zero-order chi connectivity index (χ0) is 32.6. The second-order valence-electron chi connectivity index (χ2n) is 13.1. The number of rotatable bonds is 9. The number of pyridine rings is 1. The first-order valence-electron chi connectivity index (χ1n) is 16.1. The van der Waals surface area contributed by atoms with Crippen LogP contribution in [0.2, 0.25) is 0 Å². The number of fused-ring (bicyclic) bond motifs is 3. The van der Waals surface area contributed by atoms with Gasteiger partial charge in [-0.15, -0.1) is 0 Å². The number of aromatic nitrogens is 4. The fraction of sp³-hybridized carbons (Fsp3) is 0.531. The van der Waals surface area contributed by atoms with Crippen LogP contribution in [0, 0.1) is 5.92 Å². The molecule has 2 saturated heterocycles. The van der Waals surface area contributed by atoms with Crippen LogP contribution in [0.4, 0.5) is 14.6 Å². The molecule has 5 heterocycles. The molecule has 0 spiro atoms. The predicted molar refractivity (Wildman–Crippen MR) is 171 cm³/mol. The lowest BCUT2D eigenvalue weighted by Gasteiger charge is -2.41. The number of amides is 1. The van der Waals surface area contributed by atoms with Crippen LogP contribution < -0.4 is 14.4 Å². The Bertz CT molecular complexity index is 1990. The molecule has 2 atom stereocenters. The maximum Gasteiger partial charge on any atom is 0.329 e. The first kappa shape index (κ1) is 30.5. The number of benzene rings is 1.